The van der Waals surface area contributed by atoms with Gasteiger partial charge in [-0.2, -0.15) is 0 Å². The van der Waals surface area contributed by atoms with Crippen LogP contribution in [0.15, 0.2) is 29.3 Å². The highest BCUT2D eigenvalue weighted by Gasteiger charge is 2.21. The van der Waals surface area contributed by atoms with Crippen molar-refractivity contribution in [2.45, 2.75) is 12.1 Å². The largest absolute Gasteiger partial charge is 0.374 e. The first-order valence-corrected chi connectivity index (χ1v) is 5.60. The average Bonchev–Trinajstić information content (AvgIpc) is 2.27. The maximum Gasteiger partial charge on any atom is 0.115 e. The number of alkyl halides is 1. The van der Waals surface area contributed by atoms with Crippen LogP contribution in [0.25, 0.3) is 0 Å². The predicted molar refractivity (Wildman–Crippen MR) is 68.2 cm³/mol. The maximum atomic E-state index is 12.6. The third-order valence-electron chi connectivity index (χ3n) is 2.19. The number of ether oxygens (including phenoxy) is 1. The van der Waals surface area contributed by atoms with Crippen molar-refractivity contribution in [2.75, 3.05) is 13.8 Å². The van der Waals surface area contributed by atoms with Crippen LogP contribution < -0.4 is 0 Å². The van der Waals surface area contributed by atoms with E-state index in [4.69, 9.17) is 4.74 Å². The number of benzene rings is 1. The van der Waals surface area contributed by atoms with E-state index in [-0.39, 0.29) is 6.10 Å². The first-order valence-electron chi connectivity index (χ1n) is 4.53. The molecular weight excluding hydrogens is 308 g/mol. The molecule has 0 aliphatic rings. The van der Waals surface area contributed by atoms with E-state index in [1.807, 2.05) is 24.3 Å². The molecule has 82 valence electrons. The van der Waals surface area contributed by atoms with Crippen molar-refractivity contribution in [2.24, 2.45) is 4.99 Å². The van der Waals surface area contributed by atoms with Crippen molar-refractivity contribution in [3.05, 3.63) is 33.4 Å². The fourth-order valence-corrected chi connectivity index (χ4v) is 1.75. The minimum absolute atomic E-state index is 0.357. The van der Waals surface area contributed by atoms with Crippen LogP contribution in [-0.4, -0.2) is 26.5 Å². The van der Waals surface area contributed by atoms with E-state index < -0.39 is 12.7 Å². The van der Waals surface area contributed by atoms with Crippen molar-refractivity contribution >= 4 is 29.3 Å². The molecule has 0 bridgehead atoms. The number of rotatable bonds is 5. The molecule has 2 nitrogen and oxygen atoms in total. The Labute approximate surface area is 103 Å². The molecule has 1 aromatic rings. The zero-order chi connectivity index (χ0) is 11.3. The third kappa shape index (κ3) is 3.24. The summed E-state index contributed by atoms with van der Waals surface area (Å²) in [6.07, 6.45) is -0.357. The Balaban J connectivity index is 2.90. The van der Waals surface area contributed by atoms with E-state index >= 15 is 0 Å². The Morgan fingerprint density at radius 1 is 1.47 bits per heavy atom. The van der Waals surface area contributed by atoms with Gasteiger partial charge in [0, 0.05) is 10.7 Å². The number of methoxy groups -OCH3 is 1. The lowest BCUT2D eigenvalue weighted by atomic mass is 10.0. The lowest BCUT2D eigenvalue weighted by Crippen LogP contribution is -2.20. The van der Waals surface area contributed by atoms with Crippen LogP contribution in [0.3, 0.4) is 0 Å². The summed E-state index contributed by atoms with van der Waals surface area (Å²) in [6.45, 7) is 2.81. The van der Waals surface area contributed by atoms with Gasteiger partial charge in [-0.3, -0.25) is 4.99 Å². The third-order valence-corrected chi connectivity index (χ3v) is 2.91. The molecule has 0 aliphatic carbocycles. The highest BCUT2D eigenvalue weighted by molar-refractivity contribution is 14.1. The number of nitrogens with zero attached hydrogens (tertiary/aromatic N) is 1. The number of halogens is 2. The van der Waals surface area contributed by atoms with Crippen LogP contribution in [0.5, 0.6) is 0 Å². The summed E-state index contributed by atoms with van der Waals surface area (Å²) in [5.74, 6) is 0. The standard InChI is InChI=1S/C11H13FINO/c1-14-10(7-12)11(15-2)8-3-5-9(13)6-4-8/h3-6,10-11H,1,7H2,2H3/t10-,11-/m1/s1. The molecule has 0 heterocycles. The quantitative estimate of drug-likeness (QED) is 0.603. The van der Waals surface area contributed by atoms with Gasteiger partial charge >= 0.3 is 0 Å². The first kappa shape index (κ1) is 12.6. The van der Waals surface area contributed by atoms with Crippen molar-refractivity contribution in [3.8, 4) is 0 Å². The summed E-state index contributed by atoms with van der Waals surface area (Å²) in [6, 6.07) is 7.23. The lowest BCUT2D eigenvalue weighted by Gasteiger charge is -2.20. The molecule has 15 heavy (non-hydrogen) atoms. The molecule has 0 saturated carbocycles. The average molecular weight is 321 g/mol. The molecule has 1 aromatic carbocycles. The molecule has 4 heteroatoms. The minimum atomic E-state index is -0.562. The van der Waals surface area contributed by atoms with Gasteiger partial charge in [-0.1, -0.05) is 12.1 Å². The SMILES string of the molecule is C=N[C@H](CF)[C@H](OC)c1ccc(I)cc1. The maximum absolute atomic E-state index is 12.6. The number of aliphatic imine (C=N–C) groups is 1. The summed E-state index contributed by atoms with van der Waals surface area (Å²) >= 11 is 2.22. The number of hydrogen-bond acceptors (Lipinski definition) is 2. The normalized spacial score (nSPS) is 14.6. The van der Waals surface area contributed by atoms with Gasteiger partial charge in [0.15, 0.2) is 0 Å². The van der Waals surface area contributed by atoms with Crippen LogP contribution in [0.4, 0.5) is 4.39 Å². The fraction of sp³-hybridized carbons (Fsp3) is 0.364. The highest BCUT2D eigenvalue weighted by atomic mass is 127. The second kappa shape index (κ2) is 6.17. The summed E-state index contributed by atoms with van der Waals surface area (Å²) in [4.78, 5) is 3.72. The van der Waals surface area contributed by atoms with Crippen LogP contribution in [0.2, 0.25) is 0 Å². The van der Waals surface area contributed by atoms with E-state index in [1.54, 1.807) is 7.11 Å². The highest BCUT2D eigenvalue weighted by Crippen LogP contribution is 2.23. The smallest absolute Gasteiger partial charge is 0.115 e. The van der Waals surface area contributed by atoms with E-state index in [0.29, 0.717) is 0 Å². The van der Waals surface area contributed by atoms with Gasteiger partial charge in [0.25, 0.3) is 0 Å². The summed E-state index contributed by atoms with van der Waals surface area (Å²) < 4.78 is 19.0. The summed E-state index contributed by atoms with van der Waals surface area (Å²) in [5.41, 5.74) is 0.924. The van der Waals surface area contributed by atoms with Gasteiger partial charge in [0.1, 0.15) is 18.8 Å². The van der Waals surface area contributed by atoms with Gasteiger partial charge in [0.2, 0.25) is 0 Å². The predicted octanol–water partition coefficient (Wildman–Crippen LogP) is 3.02. The second-order valence-electron chi connectivity index (χ2n) is 3.11. The molecule has 0 fully saturated rings. The van der Waals surface area contributed by atoms with Crippen molar-refractivity contribution in [1.29, 1.82) is 0 Å². The van der Waals surface area contributed by atoms with Gasteiger partial charge in [-0.25, -0.2) is 4.39 Å². The molecule has 0 amide bonds. The van der Waals surface area contributed by atoms with Crippen LogP contribution in [0.1, 0.15) is 11.7 Å². The molecule has 0 radical (unpaired) electrons. The molecule has 0 aromatic heterocycles. The molecule has 0 unspecified atom stereocenters. The Morgan fingerprint density at radius 2 is 2.07 bits per heavy atom. The Hall–Kier alpha value is -0.490. The second-order valence-corrected chi connectivity index (χ2v) is 4.36. The zero-order valence-corrected chi connectivity index (χ0v) is 10.6. The molecule has 1 rings (SSSR count). The minimum Gasteiger partial charge on any atom is -0.374 e. The van der Waals surface area contributed by atoms with Crippen LogP contribution >= 0.6 is 22.6 Å². The van der Waals surface area contributed by atoms with Crippen molar-refractivity contribution < 1.29 is 9.13 Å². The Bertz CT molecular complexity index is 315. The van der Waals surface area contributed by atoms with Crippen molar-refractivity contribution in [3.63, 3.8) is 0 Å². The Morgan fingerprint density at radius 3 is 2.47 bits per heavy atom. The molecule has 0 aliphatic heterocycles. The van der Waals surface area contributed by atoms with E-state index in [0.717, 1.165) is 9.13 Å². The van der Waals surface area contributed by atoms with Crippen LogP contribution in [-0.2, 0) is 4.74 Å². The number of hydrogen-bond donors (Lipinski definition) is 0. The zero-order valence-electron chi connectivity index (χ0n) is 8.49. The van der Waals surface area contributed by atoms with Gasteiger partial charge in [0.05, 0.1) is 0 Å². The van der Waals surface area contributed by atoms with Crippen LogP contribution in [0, 0.1) is 3.57 Å². The molecular formula is C11H13FINO. The Kier molecular flexibility index (Phi) is 5.17. The van der Waals surface area contributed by atoms with E-state index in [9.17, 15) is 4.39 Å². The first-order chi connectivity index (χ1) is 7.22. The molecule has 0 spiro atoms. The van der Waals surface area contributed by atoms with E-state index in [2.05, 4.69) is 34.3 Å². The van der Waals surface area contributed by atoms with Gasteiger partial charge < -0.3 is 4.74 Å². The monoisotopic (exact) mass is 321 g/mol. The fourth-order valence-electron chi connectivity index (χ4n) is 1.39. The van der Waals surface area contributed by atoms with Crippen molar-refractivity contribution in [1.82, 2.24) is 0 Å². The molecule has 2 atom stereocenters. The molecule has 0 saturated heterocycles. The molecule has 0 N–H and O–H groups in total. The van der Waals surface area contributed by atoms with Gasteiger partial charge in [-0.15, -0.1) is 0 Å². The van der Waals surface area contributed by atoms with E-state index in [1.165, 1.54) is 0 Å². The topological polar surface area (TPSA) is 21.6 Å². The summed E-state index contributed by atoms with van der Waals surface area (Å²) in [5, 5.41) is 0. The lowest BCUT2D eigenvalue weighted by molar-refractivity contribution is 0.0731. The van der Waals surface area contributed by atoms with Gasteiger partial charge in [-0.05, 0) is 47.0 Å². The summed E-state index contributed by atoms with van der Waals surface area (Å²) in [7, 11) is 1.55.